The maximum absolute atomic E-state index is 12.0. The van der Waals surface area contributed by atoms with E-state index >= 15 is 0 Å². The highest BCUT2D eigenvalue weighted by atomic mass is 32.1. The van der Waals surface area contributed by atoms with Crippen LogP contribution >= 0.6 is 11.3 Å². The maximum Gasteiger partial charge on any atom is 0.311 e. The van der Waals surface area contributed by atoms with E-state index in [9.17, 15) is 9.59 Å². The molecule has 3 heterocycles. The van der Waals surface area contributed by atoms with Gasteiger partial charge in [0, 0.05) is 0 Å². The Morgan fingerprint density at radius 2 is 2.32 bits per heavy atom. The van der Waals surface area contributed by atoms with Crippen molar-refractivity contribution in [1.82, 2.24) is 14.5 Å². The number of aliphatic hydroxyl groups is 1. The molecule has 1 fully saturated rings. The molecular weight excluding hydrogens is 270 g/mol. The Morgan fingerprint density at radius 3 is 3.00 bits per heavy atom. The summed E-state index contributed by atoms with van der Waals surface area (Å²) in [4.78, 5) is 30.4. The van der Waals surface area contributed by atoms with Crippen LogP contribution in [0.5, 0.6) is 0 Å². The van der Waals surface area contributed by atoms with Gasteiger partial charge in [0.05, 0.1) is 12.7 Å². The van der Waals surface area contributed by atoms with Gasteiger partial charge in [0.1, 0.15) is 16.8 Å². The number of thiazole rings is 1. The molecule has 102 valence electrons. The molecular formula is C11H13N3O4S. The van der Waals surface area contributed by atoms with Crippen molar-refractivity contribution in [2.24, 2.45) is 0 Å². The number of hydrogen-bond acceptors (Lipinski definition) is 6. The summed E-state index contributed by atoms with van der Waals surface area (Å²) < 4.78 is 7.32. The van der Waals surface area contributed by atoms with Gasteiger partial charge in [0.15, 0.2) is 5.65 Å². The SMILES string of the molecule is Cc1nc2c(sc(=O)n2[C@H]2CC[C@@H](CO)O2)c(=O)[nH]1. The second kappa shape index (κ2) is 4.55. The summed E-state index contributed by atoms with van der Waals surface area (Å²) in [6.45, 7) is 1.60. The van der Waals surface area contributed by atoms with Crippen LogP contribution in [0.4, 0.5) is 0 Å². The van der Waals surface area contributed by atoms with E-state index in [2.05, 4.69) is 9.97 Å². The van der Waals surface area contributed by atoms with E-state index in [0.29, 0.717) is 29.0 Å². The predicted octanol–water partition coefficient (Wildman–Crippen LogP) is 0.125. The summed E-state index contributed by atoms with van der Waals surface area (Å²) in [5.41, 5.74) is 0.0555. The van der Waals surface area contributed by atoms with E-state index in [1.54, 1.807) is 6.92 Å². The van der Waals surface area contributed by atoms with Crippen molar-refractivity contribution >= 4 is 21.7 Å². The molecule has 0 spiro atoms. The van der Waals surface area contributed by atoms with Gasteiger partial charge in [-0.3, -0.25) is 14.2 Å². The lowest BCUT2D eigenvalue weighted by Gasteiger charge is -2.13. The third-order valence-corrected chi connectivity index (χ3v) is 4.11. The molecule has 0 radical (unpaired) electrons. The van der Waals surface area contributed by atoms with Crippen LogP contribution in [0.25, 0.3) is 10.3 Å². The standard InChI is InChI=1S/C11H13N3O4S/c1-5-12-9-8(10(16)13-5)19-11(17)14(9)7-3-2-6(4-15)18-7/h6-7,15H,2-4H2,1H3,(H,12,13,16)/t6-,7+/m0/s1. The summed E-state index contributed by atoms with van der Waals surface area (Å²) in [5, 5.41) is 9.07. The Labute approximate surface area is 111 Å². The first-order valence-electron chi connectivity index (χ1n) is 5.98. The molecule has 0 unspecified atom stereocenters. The van der Waals surface area contributed by atoms with Crippen LogP contribution in [0.15, 0.2) is 9.59 Å². The van der Waals surface area contributed by atoms with Crippen LogP contribution in [-0.2, 0) is 4.74 Å². The molecule has 2 N–H and O–H groups in total. The number of rotatable bonds is 2. The number of nitrogens with one attached hydrogen (secondary N) is 1. The van der Waals surface area contributed by atoms with Gasteiger partial charge < -0.3 is 14.8 Å². The first-order valence-corrected chi connectivity index (χ1v) is 6.80. The number of fused-ring (bicyclic) bond motifs is 1. The number of aromatic amines is 1. The Morgan fingerprint density at radius 1 is 1.53 bits per heavy atom. The Kier molecular flexibility index (Phi) is 3.00. The topological polar surface area (TPSA) is 97.2 Å². The zero-order valence-corrected chi connectivity index (χ0v) is 11.1. The fourth-order valence-electron chi connectivity index (χ4n) is 2.30. The number of aryl methyl sites for hydroxylation is 1. The largest absolute Gasteiger partial charge is 0.394 e. The molecule has 2 aromatic rings. The lowest BCUT2D eigenvalue weighted by atomic mass is 10.2. The molecule has 1 aliphatic heterocycles. The Bertz CT molecular complexity index is 732. The van der Waals surface area contributed by atoms with Crippen molar-refractivity contribution < 1.29 is 9.84 Å². The third kappa shape index (κ3) is 2.01. The van der Waals surface area contributed by atoms with E-state index in [4.69, 9.17) is 9.84 Å². The highest BCUT2D eigenvalue weighted by molar-refractivity contribution is 7.16. The Balaban J connectivity index is 2.16. The second-order valence-electron chi connectivity index (χ2n) is 4.51. The lowest BCUT2D eigenvalue weighted by molar-refractivity contribution is -0.0214. The first kappa shape index (κ1) is 12.5. The van der Waals surface area contributed by atoms with Crippen LogP contribution in [-0.4, -0.2) is 32.4 Å². The second-order valence-corrected chi connectivity index (χ2v) is 5.48. The van der Waals surface area contributed by atoms with Crippen LogP contribution in [0.3, 0.4) is 0 Å². The van der Waals surface area contributed by atoms with Gasteiger partial charge in [-0.25, -0.2) is 4.98 Å². The predicted molar refractivity (Wildman–Crippen MR) is 69.5 cm³/mol. The highest BCUT2D eigenvalue weighted by Gasteiger charge is 2.29. The van der Waals surface area contributed by atoms with E-state index < -0.39 is 6.23 Å². The van der Waals surface area contributed by atoms with Gasteiger partial charge in [0.25, 0.3) is 5.56 Å². The van der Waals surface area contributed by atoms with E-state index in [1.807, 2.05) is 0 Å². The van der Waals surface area contributed by atoms with Crippen LogP contribution < -0.4 is 10.4 Å². The van der Waals surface area contributed by atoms with Crippen LogP contribution in [0.2, 0.25) is 0 Å². The molecule has 8 heteroatoms. The molecule has 2 atom stereocenters. The van der Waals surface area contributed by atoms with Crippen molar-refractivity contribution in [3.8, 4) is 0 Å². The molecule has 0 amide bonds. The van der Waals surface area contributed by atoms with Gasteiger partial charge in [0.2, 0.25) is 0 Å². The molecule has 0 bridgehead atoms. The zero-order chi connectivity index (χ0) is 13.6. The number of ether oxygens (including phenoxy) is 1. The van der Waals surface area contributed by atoms with Gasteiger partial charge in [-0.15, -0.1) is 0 Å². The number of aliphatic hydroxyl groups excluding tert-OH is 1. The third-order valence-electron chi connectivity index (χ3n) is 3.17. The van der Waals surface area contributed by atoms with Crippen molar-refractivity contribution in [3.05, 3.63) is 25.8 Å². The van der Waals surface area contributed by atoms with Gasteiger partial charge in [-0.2, -0.15) is 0 Å². The minimum absolute atomic E-state index is 0.0691. The number of H-pyrrole nitrogens is 1. The summed E-state index contributed by atoms with van der Waals surface area (Å²) in [6.07, 6.45) is 0.611. The molecule has 2 aromatic heterocycles. The molecule has 1 aliphatic rings. The smallest absolute Gasteiger partial charge is 0.311 e. The van der Waals surface area contributed by atoms with Crippen LogP contribution in [0.1, 0.15) is 24.9 Å². The molecule has 19 heavy (non-hydrogen) atoms. The van der Waals surface area contributed by atoms with Crippen LogP contribution in [0, 0.1) is 6.92 Å². The van der Waals surface area contributed by atoms with Gasteiger partial charge in [-0.1, -0.05) is 11.3 Å². The molecule has 0 aromatic carbocycles. The number of aromatic nitrogens is 3. The normalized spacial score (nSPS) is 23.3. The lowest BCUT2D eigenvalue weighted by Crippen LogP contribution is -2.22. The van der Waals surface area contributed by atoms with Crippen molar-refractivity contribution in [2.45, 2.75) is 32.1 Å². The van der Waals surface area contributed by atoms with Crippen molar-refractivity contribution in [1.29, 1.82) is 0 Å². The average molecular weight is 283 g/mol. The summed E-state index contributed by atoms with van der Waals surface area (Å²) in [7, 11) is 0. The maximum atomic E-state index is 12.0. The molecule has 1 saturated heterocycles. The summed E-state index contributed by atoms with van der Waals surface area (Å²) in [6, 6.07) is 0. The van der Waals surface area contributed by atoms with E-state index in [0.717, 1.165) is 11.3 Å². The minimum atomic E-state index is -0.452. The van der Waals surface area contributed by atoms with Gasteiger partial charge in [-0.05, 0) is 19.8 Å². The summed E-state index contributed by atoms with van der Waals surface area (Å²) in [5.74, 6) is 0.459. The van der Waals surface area contributed by atoms with Crippen molar-refractivity contribution in [3.63, 3.8) is 0 Å². The Hall–Kier alpha value is -1.51. The fourth-order valence-corrected chi connectivity index (χ4v) is 3.16. The van der Waals surface area contributed by atoms with E-state index in [-0.39, 0.29) is 23.1 Å². The van der Waals surface area contributed by atoms with Crippen molar-refractivity contribution in [2.75, 3.05) is 6.61 Å². The highest BCUT2D eigenvalue weighted by Crippen LogP contribution is 2.29. The quantitative estimate of drug-likeness (QED) is 0.816. The number of nitrogens with zero attached hydrogens (tertiary/aromatic N) is 2. The fraction of sp³-hybridized carbons (Fsp3) is 0.545. The minimum Gasteiger partial charge on any atom is -0.394 e. The number of hydrogen-bond donors (Lipinski definition) is 2. The molecule has 0 aliphatic carbocycles. The summed E-state index contributed by atoms with van der Waals surface area (Å²) >= 11 is 0.868. The molecule has 3 rings (SSSR count). The average Bonchev–Trinajstić information content (AvgIpc) is 2.93. The molecule has 0 saturated carbocycles. The zero-order valence-electron chi connectivity index (χ0n) is 10.3. The van der Waals surface area contributed by atoms with E-state index in [1.165, 1.54) is 4.57 Å². The molecule has 7 nitrogen and oxygen atoms in total. The van der Waals surface area contributed by atoms with Gasteiger partial charge >= 0.3 is 4.87 Å². The monoisotopic (exact) mass is 283 g/mol. The first-order chi connectivity index (χ1) is 9.10.